The molecule has 0 aliphatic heterocycles. The van der Waals surface area contributed by atoms with Gasteiger partial charge in [0.15, 0.2) is 6.10 Å². The van der Waals surface area contributed by atoms with Crippen LogP contribution in [0.3, 0.4) is 0 Å². The number of carbonyl (C=O) groups is 1. The van der Waals surface area contributed by atoms with Crippen LogP contribution in [0, 0.1) is 21.8 Å². The SMILES string of the molecule is CC(C)C(Oc1ccc(F)c([N+](=O)[O-])c1)C(=O)O. The molecular weight excluding hydrogens is 245 g/mol. The number of halogens is 1. The van der Waals surface area contributed by atoms with E-state index in [1.54, 1.807) is 13.8 Å². The summed E-state index contributed by atoms with van der Waals surface area (Å²) < 4.78 is 18.2. The molecule has 0 aliphatic carbocycles. The van der Waals surface area contributed by atoms with Gasteiger partial charge in [-0.05, 0) is 12.1 Å². The molecule has 18 heavy (non-hydrogen) atoms. The van der Waals surface area contributed by atoms with Gasteiger partial charge >= 0.3 is 11.7 Å². The third-order valence-electron chi connectivity index (χ3n) is 2.23. The van der Waals surface area contributed by atoms with Gasteiger partial charge in [-0.1, -0.05) is 13.8 Å². The first-order chi connectivity index (χ1) is 8.32. The zero-order chi connectivity index (χ0) is 13.9. The van der Waals surface area contributed by atoms with Gasteiger partial charge in [0.2, 0.25) is 5.82 Å². The Hall–Kier alpha value is -2.18. The molecule has 0 aromatic heterocycles. The minimum absolute atomic E-state index is 0.0517. The van der Waals surface area contributed by atoms with Gasteiger partial charge < -0.3 is 9.84 Å². The van der Waals surface area contributed by atoms with Crippen molar-refractivity contribution in [2.24, 2.45) is 5.92 Å². The van der Waals surface area contributed by atoms with Crippen LogP contribution < -0.4 is 4.74 Å². The molecule has 0 saturated carbocycles. The van der Waals surface area contributed by atoms with E-state index in [0.717, 1.165) is 18.2 Å². The summed E-state index contributed by atoms with van der Waals surface area (Å²) in [7, 11) is 0. The Balaban J connectivity index is 3.01. The van der Waals surface area contributed by atoms with Crippen molar-refractivity contribution in [1.82, 2.24) is 0 Å². The first-order valence-corrected chi connectivity index (χ1v) is 5.16. The van der Waals surface area contributed by atoms with Crippen LogP contribution in [0.1, 0.15) is 13.8 Å². The van der Waals surface area contributed by atoms with E-state index in [9.17, 15) is 19.3 Å². The zero-order valence-corrected chi connectivity index (χ0v) is 9.79. The Labute approximate surface area is 102 Å². The third kappa shape index (κ3) is 3.16. The lowest BCUT2D eigenvalue weighted by molar-refractivity contribution is -0.387. The Kier molecular flexibility index (Phi) is 4.19. The molecule has 0 fully saturated rings. The van der Waals surface area contributed by atoms with Gasteiger partial charge in [-0.2, -0.15) is 4.39 Å². The van der Waals surface area contributed by atoms with Gasteiger partial charge in [-0.15, -0.1) is 0 Å². The molecule has 98 valence electrons. The van der Waals surface area contributed by atoms with Crippen molar-refractivity contribution < 1.29 is 24.0 Å². The summed E-state index contributed by atoms with van der Waals surface area (Å²) >= 11 is 0. The second-order valence-corrected chi connectivity index (χ2v) is 3.99. The molecule has 0 bridgehead atoms. The van der Waals surface area contributed by atoms with E-state index in [4.69, 9.17) is 9.84 Å². The minimum atomic E-state index is -1.18. The average Bonchev–Trinajstić information content (AvgIpc) is 2.26. The number of nitro benzene ring substituents is 1. The smallest absolute Gasteiger partial charge is 0.345 e. The Morgan fingerprint density at radius 1 is 1.50 bits per heavy atom. The lowest BCUT2D eigenvalue weighted by atomic mass is 10.1. The van der Waals surface area contributed by atoms with Crippen molar-refractivity contribution in [2.45, 2.75) is 20.0 Å². The normalized spacial score (nSPS) is 12.2. The van der Waals surface area contributed by atoms with Crippen LogP contribution in [-0.2, 0) is 4.79 Å². The van der Waals surface area contributed by atoms with Crippen molar-refractivity contribution in [2.75, 3.05) is 0 Å². The van der Waals surface area contributed by atoms with Crippen molar-refractivity contribution in [1.29, 1.82) is 0 Å². The van der Waals surface area contributed by atoms with Crippen LogP contribution in [0.5, 0.6) is 5.75 Å². The molecule has 0 spiro atoms. The van der Waals surface area contributed by atoms with Crippen molar-refractivity contribution in [3.63, 3.8) is 0 Å². The van der Waals surface area contributed by atoms with E-state index in [1.807, 2.05) is 0 Å². The zero-order valence-electron chi connectivity index (χ0n) is 9.79. The summed E-state index contributed by atoms with van der Waals surface area (Å²) in [5.74, 6) is -2.56. The predicted octanol–water partition coefficient (Wildman–Crippen LogP) is 2.22. The molecule has 0 saturated heterocycles. The molecule has 1 atom stereocenters. The highest BCUT2D eigenvalue weighted by Gasteiger charge is 2.25. The van der Waals surface area contributed by atoms with Crippen LogP contribution in [0.2, 0.25) is 0 Å². The number of nitro groups is 1. The number of rotatable bonds is 5. The second kappa shape index (κ2) is 5.44. The molecule has 0 amide bonds. The molecule has 1 N–H and O–H groups in total. The Bertz CT molecular complexity index is 475. The van der Waals surface area contributed by atoms with E-state index in [2.05, 4.69) is 0 Å². The molecule has 1 aromatic carbocycles. The first kappa shape index (κ1) is 13.9. The summed E-state index contributed by atoms with van der Waals surface area (Å²) in [4.78, 5) is 20.5. The van der Waals surface area contributed by atoms with Crippen LogP contribution in [0.4, 0.5) is 10.1 Å². The Morgan fingerprint density at radius 3 is 2.56 bits per heavy atom. The Morgan fingerprint density at radius 2 is 2.11 bits per heavy atom. The van der Waals surface area contributed by atoms with Crippen molar-refractivity contribution in [3.05, 3.63) is 34.1 Å². The highest BCUT2D eigenvalue weighted by molar-refractivity contribution is 5.73. The second-order valence-electron chi connectivity index (χ2n) is 3.99. The van der Waals surface area contributed by atoms with E-state index in [0.29, 0.717) is 0 Å². The minimum Gasteiger partial charge on any atom is -0.478 e. The summed E-state index contributed by atoms with van der Waals surface area (Å²) in [5, 5.41) is 19.4. The number of hydrogen-bond donors (Lipinski definition) is 1. The fourth-order valence-corrected chi connectivity index (χ4v) is 1.32. The topological polar surface area (TPSA) is 89.7 Å². The number of benzene rings is 1. The summed E-state index contributed by atoms with van der Waals surface area (Å²) in [6.45, 7) is 3.27. The highest BCUT2D eigenvalue weighted by atomic mass is 19.1. The summed E-state index contributed by atoms with van der Waals surface area (Å²) in [5.41, 5.74) is -0.750. The monoisotopic (exact) mass is 257 g/mol. The third-order valence-corrected chi connectivity index (χ3v) is 2.23. The molecule has 0 heterocycles. The maximum Gasteiger partial charge on any atom is 0.345 e. The maximum atomic E-state index is 13.1. The molecule has 1 rings (SSSR count). The number of carboxylic acid groups (broad SMARTS) is 1. The molecule has 1 unspecified atom stereocenters. The van der Waals surface area contributed by atoms with Crippen LogP contribution in [0.25, 0.3) is 0 Å². The number of ether oxygens (including phenoxy) is 1. The fourth-order valence-electron chi connectivity index (χ4n) is 1.32. The molecule has 0 aliphatic rings. The van der Waals surface area contributed by atoms with Gasteiger partial charge in [0.05, 0.1) is 11.0 Å². The van der Waals surface area contributed by atoms with Gasteiger partial charge in [0, 0.05) is 5.92 Å². The summed E-state index contributed by atoms with van der Waals surface area (Å²) in [6.07, 6.45) is -1.14. The van der Waals surface area contributed by atoms with Crippen LogP contribution >= 0.6 is 0 Å². The highest BCUT2D eigenvalue weighted by Crippen LogP contribution is 2.25. The predicted molar refractivity (Wildman–Crippen MR) is 59.9 cm³/mol. The molecule has 0 radical (unpaired) electrons. The van der Waals surface area contributed by atoms with E-state index >= 15 is 0 Å². The number of aliphatic carboxylic acids is 1. The van der Waals surface area contributed by atoms with Gasteiger partial charge in [-0.3, -0.25) is 10.1 Å². The quantitative estimate of drug-likeness (QED) is 0.645. The lowest BCUT2D eigenvalue weighted by Gasteiger charge is -2.18. The molecule has 7 heteroatoms. The van der Waals surface area contributed by atoms with Gasteiger partial charge in [0.1, 0.15) is 5.75 Å². The molecule has 1 aromatic rings. The number of carboxylic acids is 1. The van der Waals surface area contributed by atoms with Crippen LogP contribution in [0.15, 0.2) is 18.2 Å². The fraction of sp³-hybridized carbons (Fsp3) is 0.364. The summed E-state index contributed by atoms with van der Waals surface area (Å²) in [6, 6.07) is 2.89. The van der Waals surface area contributed by atoms with Crippen molar-refractivity contribution in [3.8, 4) is 5.75 Å². The van der Waals surface area contributed by atoms with E-state index in [-0.39, 0.29) is 11.7 Å². The number of hydrogen-bond acceptors (Lipinski definition) is 4. The molecular formula is C11H12FNO5. The van der Waals surface area contributed by atoms with Crippen LogP contribution in [-0.4, -0.2) is 22.1 Å². The largest absolute Gasteiger partial charge is 0.478 e. The standard InChI is InChI=1S/C11H12FNO5/c1-6(2)10(11(14)15)18-7-3-4-8(12)9(5-7)13(16)17/h3-6,10H,1-2H3,(H,14,15). The number of nitrogens with zero attached hydrogens (tertiary/aromatic N) is 1. The average molecular weight is 257 g/mol. The molecule has 6 nitrogen and oxygen atoms in total. The lowest BCUT2D eigenvalue weighted by Crippen LogP contribution is -2.32. The van der Waals surface area contributed by atoms with Crippen molar-refractivity contribution >= 4 is 11.7 Å². The van der Waals surface area contributed by atoms with E-state index in [1.165, 1.54) is 0 Å². The van der Waals surface area contributed by atoms with E-state index < -0.39 is 28.5 Å². The maximum absolute atomic E-state index is 13.1. The van der Waals surface area contributed by atoms with Gasteiger partial charge in [-0.25, -0.2) is 4.79 Å². The van der Waals surface area contributed by atoms with Gasteiger partial charge in [0.25, 0.3) is 0 Å². The first-order valence-electron chi connectivity index (χ1n) is 5.16.